The Morgan fingerprint density at radius 3 is 2.50 bits per heavy atom. The van der Waals surface area contributed by atoms with E-state index in [2.05, 4.69) is 5.32 Å². The van der Waals surface area contributed by atoms with Crippen molar-refractivity contribution in [2.75, 3.05) is 24.7 Å². The number of benzene rings is 1. The van der Waals surface area contributed by atoms with Gasteiger partial charge in [-0.3, -0.25) is 4.79 Å². The summed E-state index contributed by atoms with van der Waals surface area (Å²) in [7, 11) is -3.30. The number of piperidine rings is 1. The fraction of sp³-hybridized carbons (Fsp3) is 0.462. The molecule has 5 nitrogen and oxygen atoms in total. The largest absolute Gasteiger partial charge is 0.324 e. The zero-order chi connectivity index (χ0) is 16.5. The first-order valence-corrected chi connectivity index (χ1v) is 9.57. The van der Waals surface area contributed by atoms with Gasteiger partial charge in [0.1, 0.15) is 0 Å². The number of halogens is 3. The van der Waals surface area contributed by atoms with Crippen LogP contribution in [0.15, 0.2) is 12.1 Å². The van der Waals surface area contributed by atoms with Crippen LogP contribution < -0.4 is 5.32 Å². The lowest BCUT2D eigenvalue weighted by Gasteiger charge is -2.30. The van der Waals surface area contributed by atoms with Crippen molar-refractivity contribution in [3.05, 3.63) is 27.2 Å². The maximum Gasteiger partial charge on any atom is 0.228 e. The summed E-state index contributed by atoms with van der Waals surface area (Å²) in [4.78, 5) is 12.3. The number of sulfonamides is 1. The van der Waals surface area contributed by atoms with E-state index in [0.29, 0.717) is 30.1 Å². The van der Waals surface area contributed by atoms with Crippen LogP contribution in [0.25, 0.3) is 0 Å². The second kappa shape index (κ2) is 6.93. The summed E-state index contributed by atoms with van der Waals surface area (Å²) in [6.07, 6.45) is 2.40. The molecule has 0 spiro atoms. The highest BCUT2D eigenvalue weighted by Gasteiger charge is 2.30. The molecule has 0 bridgehead atoms. The number of hydrogen-bond donors (Lipinski definition) is 1. The Morgan fingerprint density at radius 1 is 1.23 bits per heavy atom. The van der Waals surface area contributed by atoms with Crippen LogP contribution >= 0.6 is 34.8 Å². The minimum absolute atomic E-state index is 0.170. The highest BCUT2D eigenvalue weighted by Crippen LogP contribution is 2.33. The average Bonchev–Trinajstić information content (AvgIpc) is 2.44. The number of carbonyl (C=O) groups is 1. The molecule has 1 fully saturated rings. The van der Waals surface area contributed by atoms with Gasteiger partial charge in [0, 0.05) is 13.1 Å². The van der Waals surface area contributed by atoms with Gasteiger partial charge in [0.15, 0.2) is 0 Å². The summed E-state index contributed by atoms with van der Waals surface area (Å²) in [6.45, 7) is 0.611. The summed E-state index contributed by atoms with van der Waals surface area (Å²) in [6, 6.07) is 2.92. The molecule has 1 N–H and O–H groups in total. The minimum atomic E-state index is -3.30. The topological polar surface area (TPSA) is 66.5 Å². The summed E-state index contributed by atoms with van der Waals surface area (Å²) >= 11 is 17.8. The molecule has 0 aliphatic carbocycles. The van der Waals surface area contributed by atoms with Crippen LogP contribution in [0.4, 0.5) is 5.69 Å². The number of amides is 1. The van der Waals surface area contributed by atoms with Crippen molar-refractivity contribution in [3.8, 4) is 0 Å². The Labute approximate surface area is 144 Å². The predicted octanol–water partition coefficient (Wildman–Crippen LogP) is 3.26. The van der Waals surface area contributed by atoms with Gasteiger partial charge in [-0.15, -0.1) is 0 Å². The Bertz CT molecular complexity index is 694. The van der Waals surface area contributed by atoms with Crippen LogP contribution in [0.5, 0.6) is 0 Å². The first-order valence-electron chi connectivity index (χ1n) is 6.59. The fourth-order valence-electron chi connectivity index (χ4n) is 2.31. The second-order valence-electron chi connectivity index (χ2n) is 5.20. The molecule has 1 aliphatic rings. The normalized spacial score (nSPS) is 19.9. The molecule has 122 valence electrons. The molecule has 0 saturated carbocycles. The van der Waals surface area contributed by atoms with Crippen molar-refractivity contribution >= 4 is 56.4 Å². The van der Waals surface area contributed by atoms with E-state index in [1.807, 2.05) is 0 Å². The molecule has 2 rings (SSSR count). The summed E-state index contributed by atoms with van der Waals surface area (Å²) in [5, 5.41) is 3.54. The Hall–Kier alpha value is -0.530. The maximum absolute atomic E-state index is 12.3. The van der Waals surface area contributed by atoms with E-state index in [-0.39, 0.29) is 22.5 Å². The van der Waals surface area contributed by atoms with E-state index in [1.165, 1.54) is 16.4 Å². The smallest absolute Gasteiger partial charge is 0.228 e. The molecule has 0 unspecified atom stereocenters. The van der Waals surface area contributed by atoms with Gasteiger partial charge in [0.2, 0.25) is 15.9 Å². The fourth-order valence-corrected chi connectivity index (χ4v) is 3.82. The van der Waals surface area contributed by atoms with Crippen LogP contribution in [-0.2, 0) is 14.8 Å². The molecule has 0 aromatic heterocycles. The van der Waals surface area contributed by atoms with Gasteiger partial charge in [-0.25, -0.2) is 12.7 Å². The van der Waals surface area contributed by atoms with Gasteiger partial charge in [-0.2, -0.15) is 0 Å². The molecule has 1 saturated heterocycles. The zero-order valence-corrected chi connectivity index (χ0v) is 14.9. The van der Waals surface area contributed by atoms with E-state index in [0.717, 1.165) is 6.26 Å². The quantitative estimate of drug-likeness (QED) is 0.812. The van der Waals surface area contributed by atoms with E-state index in [4.69, 9.17) is 34.8 Å². The molecule has 1 heterocycles. The number of hydrogen-bond acceptors (Lipinski definition) is 3. The van der Waals surface area contributed by atoms with Gasteiger partial charge in [0.25, 0.3) is 0 Å². The third kappa shape index (κ3) is 4.26. The third-order valence-corrected chi connectivity index (χ3v) is 5.80. The zero-order valence-electron chi connectivity index (χ0n) is 11.8. The molecule has 9 heteroatoms. The lowest BCUT2D eigenvalue weighted by molar-refractivity contribution is -0.120. The summed E-state index contributed by atoms with van der Waals surface area (Å²) < 4.78 is 24.5. The first kappa shape index (κ1) is 17.8. The number of nitrogens with zero attached hydrogens (tertiary/aromatic N) is 1. The van der Waals surface area contributed by atoms with Gasteiger partial charge in [-0.05, 0) is 25.0 Å². The molecular weight excluding hydrogens is 371 g/mol. The van der Waals surface area contributed by atoms with Gasteiger partial charge < -0.3 is 5.32 Å². The average molecular weight is 386 g/mol. The lowest BCUT2D eigenvalue weighted by Crippen LogP contribution is -2.43. The summed E-state index contributed by atoms with van der Waals surface area (Å²) in [5.74, 6) is -0.706. The Morgan fingerprint density at radius 2 is 1.86 bits per heavy atom. The number of carbonyl (C=O) groups excluding carboxylic acids is 1. The van der Waals surface area contributed by atoms with Crippen molar-refractivity contribution in [1.82, 2.24) is 4.31 Å². The molecular formula is C13H15Cl3N2O3S. The molecule has 1 amide bonds. The van der Waals surface area contributed by atoms with E-state index in [9.17, 15) is 13.2 Å². The van der Waals surface area contributed by atoms with Crippen LogP contribution in [-0.4, -0.2) is 38.0 Å². The van der Waals surface area contributed by atoms with E-state index < -0.39 is 15.9 Å². The molecule has 22 heavy (non-hydrogen) atoms. The molecule has 1 atom stereocenters. The first-order chi connectivity index (χ1) is 10.2. The van der Waals surface area contributed by atoms with Crippen molar-refractivity contribution in [2.24, 2.45) is 5.92 Å². The maximum atomic E-state index is 12.3. The van der Waals surface area contributed by atoms with Crippen LogP contribution in [0, 0.1) is 5.92 Å². The van der Waals surface area contributed by atoms with Crippen molar-refractivity contribution in [1.29, 1.82) is 0 Å². The van der Waals surface area contributed by atoms with Gasteiger partial charge in [0.05, 0.1) is 32.9 Å². The molecule has 1 aromatic carbocycles. The highest BCUT2D eigenvalue weighted by atomic mass is 35.5. The van der Waals surface area contributed by atoms with Gasteiger partial charge >= 0.3 is 0 Å². The Balaban J connectivity index is 2.11. The monoisotopic (exact) mass is 384 g/mol. The lowest BCUT2D eigenvalue weighted by atomic mass is 9.99. The predicted molar refractivity (Wildman–Crippen MR) is 89.2 cm³/mol. The Kier molecular flexibility index (Phi) is 5.61. The van der Waals surface area contributed by atoms with Crippen molar-refractivity contribution in [3.63, 3.8) is 0 Å². The molecule has 0 radical (unpaired) electrons. The van der Waals surface area contributed by atoms with Gasteiger partial charge in [-0.1, -0.05) is 34.8 Å². The SMILES string of the molecule is CS(=O)(=O)N1CCC[C@@H](C(=O)Nc2cc(Cl)c(Cl)cc2Cl)C1. The number of nitrogens with one attached hydrogen (secondary N) is 1. The van der Waals surface area contributed by atoms with Crippen LogP contribution in [0.1, 0.15) is 12.8 Å². The summed E-state index contributed by atoms with van der Waals surface area (Å²) in [5.41, 5.74) is 0.359. The molecule has 1 aromatic rings. The number of rotatable bonds is 3. The number of anilines is 1. The molecule has 1 aliphatic heterocycles. The third-order valence-electron chi connectivity index (χ3n) is 3.49. The minimum Gasteiger partial charge on any atom is -0.324 e. The van der Waals surface area contributed by atoms with Crippen LogP contribution in [0.3, 0.4) is 0 Å². The standard InChI is InChI=1S/C13H15Cl3N2O3S/c1-22(20,21)18-4-2-3-8(7-18)13(19)17-12-6-10(15)9(14)5-11(12)16/h5-6,8H,2-4,7H2,1H3,(H,17,19)/t8-/m1/s1. The van der Waals surface area contributed by atoms with E-state index >= 15 is 0 Å². The second-order valence-corrected chi connectivity index (χ2v) is 8.40. The van der Waals surface area contributed by atoms with Crippen molar-refractivity contribution in [2.45, 2.75) is 12.8 Å². The van der Waals surface area contributed by atoms with Crippen LogP contribution in [0.2, 0.25) is 15.1 Å². The highest BCUT2D eigenvalue weighted by molar-refractivity contribution is 7.88. The van der Waals surface area contributed by atoms with Crippen molar-refractivity contribution < 1.29 is 13.2 Å². The van der Waals surface area contributed by atoms with E-state index in [1.54, 1.807) is 0 Å².